The van der Waals surface area contributed by atoms with Gasteiger partial charge in [0.1, 0.15) is 5.82 Å². The van der Waals surface area contributed by atoms with Gasteiger partial charge < -0.3 is 0 Å². The lowest BCUT2D eigenvalue weighted by atomic mass is 9.86. The molecule has 0 radical (unpaired) electrons. The Bertz CT molecular complexity index is 1260. The van der Waals surface area contributed by atoms with Crippen LogP contribution in [0.15, 0.2) is 42.6 Å². The molecule has 0 spiro atoms. The maximum Gasteiger partial charge on any atom is 0.217 e. The van der Waals surface area contributed by atoms with Crippen LogP contribution in [0.25, 0.3) is 22.5 Å². The highest BCUT2D eigenvalue weighted by Gasteiger charge is 2.22. The average Bonchev–Trinajstić information content (AvgIpc) is 3.56. The van der Waals surface area contributed by atoms with Crippen LogP contribution in [-0.4, -0.2) is 46.2 Å². The first-order valence-corrected chi connectivity index (χ1v) is 12.5. The van der Waals surface area contributed by atoms with Crippen LogP contribution in [-0.2, 0) is 13.0 Å². The van der Waals surface area contributed by atoms with Crippen molar-refractivity contribution in [1.82, 2.24) is 40.4 Å². The van der Waals surface area contributed by atoms with Crippen LogP contribution >= 0.6 is 0 Å². The van der Waals surface area contributed by atoms with Gasteiger partial charge in [0, 0.05) is 30.2 Å². The van der Waals surface area contributed by atoms with Crippen molar-refractivity contribution in [3.05, 3.63) is 59.9 Å². The summed E-state index contributed by atoms with van der Waals surface area (Å²) in [6, 6.07) is 12.0. The quantitative estimate of drug-likeness (QED) is 0.353. The lowest BCUT2D eigenvalue weighted by Gasteiger charge is -2.19. The van der Waals surface area contributed by atoms with E-state index in [4.69, 9.17) is 0 Å². The maximum absolute atomic E-state index is 12.9. The van der Waals surface area contributed by atoms with Crippen LogP contribution in [0.5, 0.6) is 0 Å². The van der Waals surface area contributed by atoms with Crippen molar-refractivity contribution in [3.63, 3.8) is 0 Å². The lowest BCUT2D eigenvalue weighted by Crippen LogP contribution is -2.14. The minimum Gasteiger partial charge on any atom is -0.291 e. The zero-order chi connectivity index (χ0) is 24.0. The number of nitrogens with one attached hydrogen (secondary N) is 1. The number of nitrogens with zero attached hydrogens (tertiary/aromatic N) is 7. The smallest absolute Gasteiger partial charge is 0.217 e. The van der Waals surface area contributed by atoms with E-state index in [0.29, 0.717) is 30.5 Å². The normalized spacial score (nSPS) is 14.3. The number of tetrazole rings is 1. The van der Waals surface area contributed by atoms with Gasteiger partial charge in [-0.15, -0.1) is 10.2 Å². The number of aryl methyl sites for hydroxylation is 1. The number of H-pyrrole nitrogens is 1. The predicted octanol–water partition coefficient (Wildman–Crippen LogP) is 4.67. The second-order valence-electron chi connectivity index (χ2n) is 9.22. The minimum absolute atomic E-state index is 0.0647. The van der Waals surface area contributed by atoms with Gasteiger partial charge in [-0.2, -0.15) is 0 Å². The Balaban J connectivity index is 1.34. The highest BCUT2D eigenvalue weighted by molar-refractivity contribution is 5.92. The molecule has 1 N–H and O–H groups in total. The number of ketones is 1. The Labute approximate surface area is 204 Å². The third kappa shape index (κ3) is 5.34. The molecular formula is C26H30N8O. The second kappa shape index (κ2) is 10.7. The highest BCUT2D eigenvalue weighted by atomic mass is 16.1. The van der Waals surface area contributed by atoms with Crippen LogP contribution in [0, 0.1) is 5.92 Å². The van der Waals surface area contributed by atoms with Gasteiger partial charge in [0.05, 0.1) is 12.2 Å². The SMILES string of the molecule is CCCc1nc(C(=O)CC2CCCCC2)nn1Cc1ccc(-c2ccccc2-c2nnn[nH]2)cn1. The lowest BCUT2D eigenvalue weighted by molar-refractivity contribution is 0.0939. The van der Waals surface area contributed by atoms with Gasteiger partial charge in [-0.3, -0.25) is 9.78 Å². The molecule has 3 heterocycles. The van der Waals surface area contributed by atoms with Crippen LogP contribution in [0.4, 0.5) is 0 Å². The van der Waals surface area contributed by atoms with E-state index < -0.39 is 0 Å². The van der Waals surface area contributed by atoms with Crippen molar-refractivity contribution >= 4 is 5.78 Å². The second-order valence-corrected chi connectivity index (χ2v) is 9.22. The largest absolute Gasteiger partial charge is 0.291 e. The number of Topliss-reactive ketones (excluding diaryl/α,β-unsaturated/α-hetero) is 1. The molecule has 0 bridgehead atoms. The molecule has 0 unspecified atom stereocenters. The van der Waals surface area contributed by atoms with E-state index >= 15 is 0 Å². The number of aromatic nitrogens is 8. The molecule has 9 nitrogen and oxygen atoms in total. The molecule has 1 aliphatic rings. The highest BCUT2D eigenvalue weighted by Crippen LogP contribution is 2.29. The number of carbonyl (C=O) groups is 1. The van der Waals surface area contributed by atoms with E-state index in [1.54, 1.807) is 0 Å². The predicted molar refractivity (Wildman–Crippen MR) is 131 cm³/mol. The summed E-state index contributed by atoms with van der Waals surface area (Å²) >= 11 is 0. The Morgan fingerprint density at radius 3 is 2.63 bits per heavy atom. The molecule has 5 rings (SSSR count). The molecule has 0 amide bonds. The summed E-state index contributed by atoms with van der Waals surface area (Å²) in [4.78, 5) is 22.2. The molecule has 0 aliphatic heterocycles. The number of pyridine rings is 1. The van der Waals surface area contributed by atoms with Crippen LogP contribution < -0.4 is 0 Å². The van der Waals surface area contributed by atoms with Crippen molar-refractivity contribution in [3.8, 4) is 22.5 Å². The number of rotatable bonds is 9. The van der Waals surface area contributed by atoms with Crippen molar-refractivity contribution in [2.75, 3.05) is 0 Å². The topological polar surface area (TPSA) is 115 Å². The summed E-state index contributed by atoms with van der Waals surface area (Å²) in [7, 11) is 0. The molecule has 35 heavy (non-hydrogen) atoms. The molecule has 1 saturated carbocycles. The summed E-state index contributed by atoms with van der Waals surface area (Å²) in [5.41, 5.74) is 3.74. The van der Waals surface area contributed by atoms with Crippen LogP contribution in [0.1, 0.15) is 74.0 Å². The number of carbonyl (C=O) groups excluding carboxylic acids is 1. The molecule has 4 aromatic rings. The van der Waals surface area contributed by atoms with E-state index in [-0.39, 0.29) is 5.78 Å². The number of benzene rings is 1. The zero-order valence-corrected chi connectivity index (χ0v) is 20.0. The standard InChI is InChI=1S/C26H30N8O/c1-2-8-24-28-26(23(35)15-18-9-4-3-5-10-18)31-34(24)17-20-14-13-19(16-27-20)21-11-6-7-12-22(21)25-29-32-33-30-25/h6-7,11-14,16,18H,2-5,8-10,15,17H2,1H3,(H,29,30,32,33). The summed E-state index contributed by atoms with van der Waals surface area (Å²) < 4.78 is 1.84. The van der Waals surface area contributed by atoms with E-state index in [2.05, 4.69) is 42.6 Å². The van der Waals surface area contributed by atoms with Crippen molar-refractivity contribution in [2.24, 2.45) is 5.92 Å². The molecular weight excluding hydrogens is 440 g/mol. The Morgan fingerprint density at radius 1 is 1.09 bits per heavy atom. The fourth-order valence-corrected chi connectivity index (χ4v) is 4.82. The Kier molecular flexibility index (Phi) is 7.02. The van der Waals surface area contributed by atoms with Crippen molar-refractivity contribution in [1.29, 1.82) is 0 Å². The Hall–Kier alpha value is -3.75. The fourth-order valence-electron chi connectivity index (χ4n) is 4.82. The molecule has 180 valence electrons. The average molecular weight is 471 g/mol. The van der Waals surface area contributed by atoms with Crippen molar-refractivity contribution in [2.45, 2.75) is 64.8 Å². The Morgan fingerprint density at radius 2 is 1.91 bits per heavy atom. The first-order chi connectivity index (χ1) is 17.2. The van der Waals surface area contributed by atoms with E-state index in [1.165, 1.54) is 19.3 Å². The molecule has 0 saturated heterocycles. The summed E-state index contributed by atoms with van der Waals surface area (Å²) in [6.45, 7) is 2.59. The third-order valence-corrected chi connectivity index (χ3v) is 6.65. The number of hydrogen-bond acceptors (Lipinski definition) is 7. The van der Waals surface area contributed by atoms with E-state index in [0.717, 1.165) is 53.9 Å². The van der Waals surface area contributed by atoms with Gasteiger partial charge in [-0.1, -0.05) is 69.4 Å². The van der Waals surface area contributed by atoms with Gasteiger partial charge in [0.25, 0.3) is 0 Å². The molecule has 9 heteroatoms. The zero-order valence-electron chi connectivity index (χ0n) is 20.0. The summed E-state index contributed by atoms with van der Waals surface area (Å²) in [5, 5.41) is 18.9. The van der Waals surface area contributed by atoms with E-state index in [1.807, 2.05) is 47.3 Å². The molecule has 1 aromatic carbocycles. The van der Waals surface area contributed by atoms with Gasteiger partial charge in [0.15, 0.2) is 5.82 Å². The molecule has 0 atom stereocenters. The fraction of sp³-hybridized carbons (Fsp3) is 0.423. The summed E-state index contributed by atoms with van der Waals surface area (Å²) in [6.07, 6.45) is 10.1. The van der Waals surface area contributed by atoms with Gasteiger partial charge in [0.2, 0.25) is 11.6 Å². The molecule has 1 fully saturated rings. The van der Waals surface area contributed by atoms with Gasteiger partial charge in [-0.05, 0) is 34.4 Å². The van der Waals surface area contributed by atoms with Gasteiger partial charge in [-0.25, -0.2) is 14.8 Å². The molecule has 1 aliphatic carbocycles. The maximum atomic E-state index is 12.9. The first kappa shape index (κ1) is 23.0. The molecule has 3 aromatic heterocycles. The van der Waals surface area contributed by atoms with Crippen LogP contribution in [0.2, 0.25) is 0 Å². The minimum atomic E-state index is 0.0647. The monoisotopic (exact) mass is 470 g/mol. The van der Waals surface area contributed by atoms with Gasteiger partial charge >= 0.3 is 0 Å². The third-order valence-electron chi connectivity index (χ3n) is 6.65. The van der Waals surface area contributed by atoms with Crippen molar-refractivity contribution < 1.29 is 4.79 Å². The van der Waals surface area contributed by atoms with Crippen LogP contribution in [0.3, 0.4) is 0 Å². The number of hydrogen-bond donors (Lipinski definition) is 1. The number of aromatic amines is 1. The van der Waals surface area contributed by atoms with E-state index in [9.17, 15) is 4.79 Å². The first-order valence-electron chi connectivity index (χ1n) is 12.5. The summed E-state index contributed by atoms with van der Waals surface area (Å²) in [5.74, 6) is 2.35.